The van der Waals surface area contributed by atoms with Crippen molar-refractivity contribution in [2.24, 2.45) is 11.8 Å². The third-order valence-corrected chi connectivity index (χ3v) is 5.13. The van der Waals surface area contributed by atoms with Crippen molar-refractivity contribution in [3.8, 4) is 5.75 Å². The number of carboxylic acids is 1. The number of aliphatic carboxylic acids is 1. The topological polar surface area (TPSA) is 79.7 Å². The van der Waals surface area contributed by atoms with Crippen LogP contribution in [-0.2, 0) is 11.2 Å². The zero-order chi connectivity index (χ0) is 16.0. The lowest BCUT2D eigenvalue weighted by Crippen LogP contribution is -2.28. The molecule has 0 unspecified atom stereocenters. The predicted octanol–water partition coefficient (Wildman–Crippen LogP) is 2.34. The van der Waals surface area contributed by atoms with E-state index >= 15 is 0 Å². The molecule has 1 saturated carbocycles. The maximum Gasteiger partial charge on any atom is 0.552 e. The largest absolute Gasteiger partial charge is 0.552 e. The van der Waals surface area contributed by atoms with Gasteiger partial charge >= 0.3 is 13.1 Å². The first kappa shape index (κ1) is 14.5. The molecule has 2 aliphatic carbocycles. The van der Waals surface area contributed by atoms with Gasteiger partial charge in [-0.1, -0.05) is 12.2 Å². The zero-order valence-corrected chi connectivity index (χ0v) is 12.7. The number of pyridine rings is 1. The molecule has 1 aromatic heterocycles. The van der Waals surface area contributed by atoms with Crippen LogP contribution in [0, 0.1) is 11.8 Å². The van der Waals surface area contributed by atoms with Gasteiger partial charge in [0, 0.05) is 17.5 Å². The van der Waals surface area contributed by atoms with Gasteiger partial charge in [-0.3, -0.25) is 9.78 Å². The molecular weight excluding hydrogens is 293 g/mol. The molecule has 6 heteroatoms. The van der Waals surface area contributed by atoms with Crippen LogP contribution >= 0.6 is 0 Å². The van der Waals surface area contributed by atoms with Crippen LogP contribution in [0.5, 0.6) is 5.75 Å². The monoisotopic (exact) mass is 311 g/mol. The summed E-state index contributed by atoms with van der Waals surface area (Å²) in [5.74, 6) is 1.74. The van der Waals surface area contributed by atoms with Crippen molar-refractivity contribution in [2.45, 2.75) is 32.1 Å². The number of allylic oxidation sites excluding steroid dienone is 2. The summed E-state index contributed by atoms with van der Waals surface area (Å²) in [7, 11) is -0.958. The number of hydrogen-bond acceptors (Lipinski definition) is 4. The smallest absolute Gasteiger partial charge is 0.531 e. The van der Waals surface area contributed by atoms with Gasteiger partial charge in [0.25, 0.3) is 0 Å². The van der Waals surface area contributed by atoms with E-state index in [-0.39, 0.29) is 11.8 Å². The van der Waals surface area contributed by atoms with Crippen LogP contribution in [0.15, 0.2) is 18.2 Å². The van der Waals surface area contributed by atoms with Crippen molar-refractivity contribution in [1.29, 1.82) is 0 Å². The fourth-order valence-corrected chi connectivity index (χ4v) is 3.96. The summed E-state index contributed by atoms with van der Waals surface area (Å²) in [6.07, 6.45) is 9.70. The lowest BCUT2D eigenvalue weighted by atomic mass is 9.70. The summed E-state index contributed by atoms with van der Waals surface area (Å²) in [6.45, 7) is 0. The first-order chi connectivity index (χ1) is 11.1. The maximum absolute atomic E-state index is 11.1. The molecule has 23 heavy (non-hydrogen) atoms. The first-order valence-electron chi connectivity index (χ1n) is 8.11. The normalized spacial score (nSPS) is 25.4. The minimum atomic E-state index is -0.958. The molecule has 1 fully saturated rings. The second-order valence-corrected chi connectivity index (χ2v) is 6.48. The number of fused-ring (bicyclic) bond motifs is 3. The highest BCUT2D eigenvalue weighted by Crippen LogP contribution is 2.45. The van der Waals surface area contributed by atoms with Crippen molar-refractivity contribution in [3.05, 3.63) is 35.1 Å². The molecule has 5 nitrogen and oxygen atoms in total. The highest BCUT2D eigenvalue weighted by Gasteiger charge is 2.35. The molecule has 0 bridgehead atoms. The van der Waals surface area contributed by atoms with Crippen molar-refractivity contribution in [2.75, 3.05) is 0 Å². The Morgan fingerprint density at radius 1 is 1.30 bits per heavy atom. The van der Waals surface area contributed by atoms with Crippen LogP contribution in [0.3, 0.4) is 0 Å². The van der Waals surface area contributed by atoms with Gasteiger partial charge in [-0.2, -0.15) is 0 Å². The number of hydrogen-bond donors (Lipinski definition) is 2. The van der Waals surface area contributed by atoms with Gasteiger partial charge in [-0.25, -0.2) is 0 Å². The Kier molecular flexibility index (Phi) is 3.49. The Morgan fingerprint density at radius 2 is 2.09 bits per heavy atom. The second-order valence-electron chi connectivity index (χ2n) is 6.48. The summed E-state index contributed by atoms with van der Waals surface area (Å²) in [4.78, 5) is 15.6. The summed E-state index contributed by atoms with van der Waals surface area (Å²) < 4.78 is 5.53. The molecule has 0 spiro atoms. The van der Waals surface area contributed by atoms with E-state index in [9.17, 15) is 9.82 Å². The highest BCUT2D eigenvalue weighted by molar-refractivity contribution is 6.52. The Bertz CT molecular complexity index is 720. The lowest BCUT2D eigenvalue weighted by Gasteiger charge is -2.32. The number of carboxylic acid groups (broad SMARTS) is 1. The molecule has 1 aliphatic heterocycles. The highest BCUT2D eigenvalue weighted by atomic mass is 16.5. The molecule has 1 aromatic rings. The molecule has 118 valence electrons. The summed E-state index contributed by atoms with van der Waals surface area (Å²) in [6, 6.07) is 0. The van der Waals surface area contributed by atoms with Crippen LogP contribution in [0.25, 0.3) is 11.6 Å². The standard InChI is InChI=1S/C17H18BNO4/c20-17(21)11-6-4-10(5-7-11)13-8-18(22)23-15-9-19-14-3-1-2-12(14)16(13)15/h1-2,8-11,22H,3-7H2,(H,20,21). The van der Waals surface area contributed by atoms with Crippen LogP contribution in [-0.4, -0.2) is 28.2 Å². The third kappa shape index (κ3) is 2.47. The van der Waals surface area contributed by atoms with Gasteiger partial charge in [-0.15, -0.1) is 0 Å². The molecule has 0 aromatic carbocycles. The minimum Gasteiger partial charge on any atom is -0.531 e. The Balaban J connectivity index is 1.69. The van der Waals surface area contributed by atoms with E-state index in [1.54, 1.807) is 12.2 Å². The summed E-state index contributed by atoms with van der Waals surface area (Å²) >= 11 is 0. The van der Waals surface area contributed by atoms with Crippen molar-refractivity contribution < 1.29 is 19.6 Å². The van der Waals surface area contributed by atoms with Gasteiger partial charge in [0.1, 0.15) is 5.75 Å². The van der Waals surface area contributed by atoms with Gasteiger partial charge in [0.05, 0.1) is 17.8 Å². The quantitative estimate of drug-likeness (QED) is 0.820. The number of rotatable bonds is 2. The fourth-order valence-electron chi connectivity index (χ4n) is 3.96. The summed E-state index contributed by atoms with van der Waals surface area (Å²) in [5.41, 5.74) is 4.25. The first-order valence-corrected chi connectivity index (χ1v) is 8.11. The summed E-state index contributed by atoms with van der Waals surface area (Å²) in [5, 5.41) is 19.2. The SMILES string of the molecule is O=C(O)C1CCC(C2=CB(O)Oc3cnc4c(c32)C=CC4)CC1. The third-order valence-electron chi connectivity index (χ3n) is 5.13. The number of aromatic nitrogens is 1. The van der Waals surface area contributed by atoms with Gasteiger partial charge < -0.3 is 14.8 Å². The lowest BCUT2D eigenvalue weighted by molar-refractivity contribution is -0.142. The number of carbonyl (C=O) groups is 1. The number of nitrogens with zero attached hydrogens (tertiary/aromatic N) is 1. The molecular formula is C17H18BNO4. The maximum atomic E-state index is 11.1. The van der Waals surface area contributed by atoms with Crippen molar-refractivity contribution in [1.82, 2.24) is 4.98 Å². The van der Waals surface area contributed by atoms with E-state index in [0.29, 0.717) is 18.6 Å². The molecule has 0 saturated heterocycles. The van der Waals surface area contributed by atoms with E-state index in [1.807, 2.05) is 0 Å². The molecule has 0 amide bonds. The van der Waals surface area contributed by atoms with E-state index < -0.39 is 13.1 Å². The Hall–Kier alpha value is -2.08. The average Bonchev–Trinajstić information content (AvgIpc) is 3.02. The fraction of sp³-hybridized carbons (Fsp3) is 0.412. The van der Waals surface area contributed by atoms with E-state index in [0.717, 1.165) is 41.7 Å². The van der Waals surface area contributed by atoms with Gasteiger partial charge in [0.15, 0.2) is 0 Å². The predicted molar refractivity (Wildman–Crippen MR) is 86.6 cm³/mol. The molecule has 0 radical (unpaired) electrons. The van der Waals surface area contributed by atoms with E-state index in [1.165, 1.54) is 0 Å². The zero-order valence-electron chi connectivity index (χ0n) is 12.7. The molecule has 2 N–H and O–H groups in total. The van der Waals surface area contributed by atoms with Gasteiger partial charge in [-0.05, 0) is 43.1 Å². The van der Waals surface area contributed by atoms with Crippen LogP contribution in [0.2, 0.25) is 0 Å². The van der Waals surface area contributed by atoms with Crippen LogP contribution < -0.4 is 4.65 Å². The Morgan fingerprint density at radius 3 is 2.83 bits per heavy atom. The van der Waals surface area contributed by atoms with Crippen molar-refractivity contribution >= 4 is 24.7 Å². The molecule has 3 aliphatic rings. The van der Waals surface area contributed by atoms with E-state index in [2.05, 4.69) is 17.1 Å². The van der Waals surface area contributed by atoms with Crippen LogP contribution in [0.4, 0.5) is 0 Å². The Labute approximate surface area is 134 Å². The minimum absolute atomic E-state index is 0.237. The molecule has 2 heterocycles. The molecule has 4 rings (SSSR count). The van der Waals surface area contributed by atoms with Crippen molar-refractivity contribution in [3.63, 3.8) is 0 Å². The second kappa shape index (κ2) is 5.53. The van der Waals surface area contributed by atoms with Gasteiger partial charge in [0.2, 0.25) is 0 Å². The van der Waals surface area contributed by atoms with Crippen LogP contribution in [0.1, 0.15) is 42.5 Å². The van der Waals surface area contributed by atoms with E-state index in [4.69, 9.17) is 9.76 Å². The average molecular weight is 311 g/mol. The molecule has 0 atom stereocenters.